The molecule has 1 saturated carbocycles. The zero-order chi connectivity index (χ0) is 22.4. The van der Waals surface area contributed by atoms with Crippen LogP contribution in [0, 0.1) is 11.8 Å². The second-order valence-electron chi connectivity index (χ2n) is 9.91. The van der Waals surface area contributed by atoms with Gasteiger partial charge >= 0.3 is 0 Å². The summed E-state index contributed by atoms with van der Waals surface area (Å²) in [5.41, 5.74) is 3.59. The maximum absolute atomic E-state index is 5.82. The van der Waals surface area contributed by atoms with Crippen molar-refractivity contribution in [2.45, 2.75) is 104 Å². The summed E-state index contributed by atoms with van der Waals surface area (Å²) in [5.74, 6) is 2.89. The maximum Gasteiger partial charge on any atom is 0.119 e. The molecule has 1 aliphatic rings. The quantitative estimate of drug-likeness (QED) is 0.276. The Balaban J connectivity index is 1.37. The number of ether oxygens (including phenoxy) is 1. The normalized spacial score (nSPS) is 18.6. The fourth-order valence-corrected chi connectivity index (χ4v) is 5.05. The van der Waals surface area contributed by atoms with E-state index in [-0.39, 0.29) is 0 Å². The number of pyridine rings is 1. The minimum atomic E-state index is 0.806. The lowest BCUT2D eigenvalue weighted by atomic mass is 9.78. The predicted molar refractivity (Wildman–Crippen MR) is 137 cm³/mol. The molecule has 0 saturated heterocycles. The molecule has 1 aromatic heterocycles. The van der Waals surface area contributed by atoms with Gasteiger partial charge in [-0.25, -0.2) is 0 Å². The molecule has 0 N–H and O–H groups in total. The average molecular weight is 436 g/mol. The van der Waals surface area contributed by atoms with E-state index >= 15 is 0 Å². The summed E-state index contributed by atoms with van der Waals surface area (Å²) in [6.45, 7) is 5.33. The van der Waals surface area contributed by atoms with Crippen molar-refractivity contribution in [3.05, 3.63) is 48.2 Å². The first-order valence-electron chi connectivity index (χ1n) is 13.5. The van der Waals surface area contributed by atoms with Crippen LogP contribution in [0.5, 0.6) is 5.75 Å². The van der Waals surface area contributed by atoms with Crippen molar-refractivity contribution in [3.8, 4) is 17.0 Å². The van der Waals surface area contributed by atoms with Crippen LogP contribution in [-0.2, 0) is 6.42 Å². The monoisotopic (exact) mass is 435 g/mol. The largest absolute Gasteiger partial charge is 0.494 e. The van der Waals surface area contributed by atoms with Gasteiger partial charge in [0, 0.05) is 11.8 Å². The van der Waals surface area contributed by atoms with E-state index in [2.05, 4.69) is 56.4 Å². The number of hydrogen-bond acceptors (Lipinski definition) is 2. The first kappa shape index (κ1) is 24.8. The molecule has 0 radical (unpaired) electrons. The summed E-state index contributed by atoms with van der Waals surface area (Å²) < 4.78 is 5.82. The number of nitrogens with zero attached hydrogens (tertiary/aromatic N) is 1. The Bertz CT molecular complexity index is 728. The van der Waals surface area contributed by atoms with E-state index in [0.717, 1.165) is 41.9 Å². The molecule has 0 aliphatic heterocycles. The molecule has 1 aromatic carbocycles. The van der Waals surface area contributed by atoms with E-state index < -0.39 is 0 Å². The van der Waals surface area contributed by atoms with E-state index in [1.165, 1.54) is 89.0 Å². The van der Waals surface area contributed by atoms with Crippen LogP contribution in [0.15, 0.2) is 42.6 Å². The zero-order valence-electron chi connectivity index (χ0n) is 20.7. The van der Waals surface area contributed by atoms with E-state index in [0.29, 0.717) is 0 Å². The van der Waals surface area contributed by atoms with Gasteiger partial charge in [-0.3, -0.25) is 4.98 Å². The lowest BCUT2D eigenvalue weighted by Crippen LogP contribution is -2.15. The van der Waals surface area contributed by atoms with E-state index in [9.17, 15) is 0 Å². The van der Waals surface area contributed by atoms with Crippen molar-refractivity contribution in [2.75, 3.05) is 6.61 Å². The van der Waals surface area contributed by atoms with Crippen molar-refractivity contribution in [2.24, 2.45) is 11.8 Å². The number of unbranched alkanes of at least 4 members (excludes halogenated alkanes) is 5. The molecule has 0 unspecified atom stereocenters. The number of rotatable bonds is 14. The van der Waals surface area contributed by atoms with Crippen molar-refractivity contribution in [1.29, 1.82) is 0 Å². The highest BCUT2D eigenvalue weighted by Crippen LogP contribution is 2.34. The molecule has 1 aliphatic carbocycles. The van der Waals surface area contributed by atoms with Gasteiger partial charge in [0.25, 0.3) is 0 Å². The predicted octanol–water partition coefficient (Wildman–Crippen LogP) is 9.03. The molecule has 2 aromatic rings. The first-order chi connectivity index (χ1) is 15.8. The van der Waals surface area contributed by atoms with Crippen LogP contribution < -0.4 is 4.74 Å². The Morgan fingerprint density at radius 2 is 1.44 bits per heavy atom. The standard InChI is InChI=1S/C30H45NO/c1-3-5-7-8-10-25-11-13-26(14-12-25)15-16-27-17-22-30(31-24-27)28-18-20-29(21-19-28)32-23-9-6-4-2/h17-22,24-26H,3-16,23H2,1-2H3. The van der Waals surface area contributed by atoms with E-state index in [4.69, 9.17) is 9.72 Å². The molecular formula is C30H45NO. The van der Waals surface area contributed by atoms with Gasteiger partial charge in [-0.1, -0.05) is 90.5 Å². The van der Waals surface area contributed by atoms with Crippen molar-refractivity contribution in [3.63, 3.8) is 0 Å². The van der Waals surface area contributed by atoms with Gasteiger partial charge in [-0.15, -0.1) is 0 Å². The van der Waals surface area contributed by atoms with Gasteiger partial charge in [0.1, 0.15) is 5.75 Å². The summed E-state index contributed by atoms with van der Waals surface area (Å²) in [4.78, 5) is 4.75. The number of aromatic nitrogens is 1. The van der Waals surface area contributed by atoms with E-state index in [1.54, 1.807) is 0 Å². The lowest BCUT2D eigenvalue weighted by Gasteiger charge is -2.28. The van der Waals surface area contributed by atoms with E-state index in [1.807, 2.05) is 0 Å². The third kappa shape index (κ3) is 8.60. The summed E-state index contributed by atoms with van der Waals surface area (Å²) in [5, 5.41) is 0. The van der Waals surface area contributed by atoms with Gasteiger partial charge in [0.05, 0.1) is 12.3 Å². The summed E-state index contributed by atoms with van der Waals surface area (Å²) in [6, 6.07) is 12.8. The number of hydrogen-bond donors (Lipinski definition) is 0. The number of benzene rings is 1. The zero-order valence-corrected chi connectivity index (χ0v) is 20.7. The lowest BCUT2D eigenvalue weighted by molar-refractivity contribution is 0.249. The third-order valence-corrected chi connectivity index (χ3v) is 7.26. The Morgan fingerprint density at radius 1 is 0.750 bits per heavy atom. The highest BCUT2D eigenvalue weighted by molar-refractivity contribution is 5.60. The highest BCUT2D eigenvalue weighted by Gasteiger charge is 2.20. The van der Waals surface area contributed by atoms with Gasteiger partial charge < -0.3 is 4.74 Å². The maximum atomic E-state index is 5.82. The van der Waals surface area contributed by atoms with Crippen LogP contribution >= 0.6 is 0 Å². The van der Waals surface area contributed by atoms with Gasteiger partial charge in [0.2, 0.25) is 0 Å². The van der Waals surface area contributed by atoms with Crippen molar-refractivity contribution < 1.29 is 4.74 Å². The second kappa shape index (κ2) is 14.3. The molecule has 3 rings (SSSR count). The van der Waals surface area contributed by atoms with Gasteiger partial charge in [-0.2, -0.15) is 0 Å². The van der Waals surface area contributed by atoms with Crippen LogP contribution in [-0.4, -0.2) is 11.6 Å². The molecule has 1 fully saturated rings. The fraction of sp³-hybridized carbons (Fsp3) is 0.633. The molecule has 0 amide bonds. The number of aryl methyl sites for hydroxylation is 1. The van der Waals surface area contributed by atoms with Crippen molar-refractivity contribution in [1.82, 2.24) is 4.98 Å². The summed E-state index contributed by atoms with van der Waals surface area (Å²) >= 11 is 0. The molecule has 176 valence electrons. The molecule has 0 bridgehead atoms. The Kier molecular flexibility index (Phi) is 11.1. The summed E-state index contributed by atoms with van der Waals surface area (Å²) in [6.07, 6.45) is 21.1. The molecule has 2 nitrogen and oxygen atoms in total. The van der Waals surface area contributed by atoms with Crippen LogP contribution in [0.2, 0.25) is 0 Å². The Morgan fingerprint density at radius 3 is 2.09 bits per heavy atom. The Labute approximate surface area is 197 Å². The topological polar surface area (TPSA) is 22.1 Å². The Hall–Kier alpha value is -1.83. The van der Waals surface area contributed by atoms with Crippen molar-refractivity contribution >= 4 is 0 Å². The van der Waals surface area contributed by atoms with Crippen LogP contribution in [0.3, 0.4) is 0 Å². The minimum absolute atomic E-state index is 0.806. The first-order valence-corrected chi connectivity index (χ1v) is 13.5. The molecule has 1 heterocycles. The van der Waals surface area contributed by atoms with Crippen LogP contribution in [0.4, 0.5) is 0 Å². The van der Waals surface area contributed by atoms with Crippen LogP contribution in [0.1, 0.15) is 103 Å². The minimum Gasteiger partial charge on any atom is -0.494 e. The molecule has 0 spiro atoms. The molecule has 32 heavy (non-hydrogen) atoms. The second-order valence-corrected chi connectivity index (χ2v) is 9.91. The third-order valence-electron chi connectivity index (χ3n) is 7.26. The molecular weight excluding hydrogens is 390 g/mol. The smallest absolute Gasteiger partial charge is 0.119 e. The average Bonchev–Trinajstić information content (AvgIpc) is 2.85. The fourth-order valence-electron chi connectivity index (χ4n) is 5.05. The molecule has 2 heteroatoms. The van der Waals surface area contributed by atoms with Gasteiger partial charge in [-0.05, 0) is 67.0 Å². The molecule has 0 atom stereocenters. The summed E-state index contributed by atoms with van der Waals surface area (Å²) in [7, 11) is 0. The SMILES string of the molecule is CCCCCCC1CCC(CCc2ccc(-c3ccc(OCCCCC)cc3)nc2)CC1. The van der Waals surface area contributed by atoms with Gasteiger partial charge in [0.15, 0.2) is 0 Å². The highest BCUT2D eigenvalue weighted by atomic mass is 16.5. The van der Waals surface area contributed by atoms with Crippen LogP contribution in [0.25, 0.3) is 11.3 Å².